The topological polar surface area (TPSA) is 82.8 Å². The Kier molecular flexibility index (Phi) is 6.01. The number of esters is 1. The summed E-state index contributed by atoms with van der Waals surface area (Å²) in [5.41, 5.74) is 2.11. The van der Waals surface area contributed by atoms with Crippen LogP contribution in [0.4, 0.5) is 0 Å². The maximum atomic E-state index is 12.4. The number of aryl methyl sites for hydroxylation is 1. The first-order valence-corrected chi connectivity index (χ1v) is 8.67. The Bertz CT molecular complexity index is 1060. The molecule has 0 spiro atoms. The number of ether oxygens (including phenoxy) is 2. The van der Waals surface area contributed by atoms with E-state index in [1.807, 2.05) is 18.2 Å². The molecule has 0 saturated heterocycles. The monoisotopic (exact) mass is 378 g/mol. The van der Waals surface area contributed by atoms with Crippen molar-refractivity contribution in [2.75, 3.05) is 6.61 Å². The minimum absolute atomic E-state index is 0.350. The maximum Gasteiger partial charge on any atom is 0.344 e. The summed E-state index contributed by atoms with van der Waals surface area (Å²) in [5, 5.41) is 0.796. The predicted molar refractivity (Wildman–Crippen MR) is 104 cm³/mol. The first-order valence-electron chi connectivity index (χ1n) is 8.67. The van der Waals surface area contributed by atoms with Crippen molar-refractivity contribution in [3.8, 4) is 16.9 Å². The molecule has 0 aliphatic heterocycles. The van der Waals surface area contributed by atoms with Gasteiger partial charge in [-0.3, -0.25) is 4.79 Å². The summed E-state index contributed by atoms with van der Waals surface area (Å²) in [4.78, 5) is 33.8. The lowest BCUT2D eigenvalue weighted by atomic mass is 10.0. The molecule has 28 heavy (non-hydrogen) atoms. The van der Waals surface area contributed by atoms with Crippen LogP contribution in [-0.2, 0) is 20.7 Å². The van der Waals surface area contributed by atoms with Crippen molar-refractivity contribution >= 4 is 23.4 Å². The van der Waals surface area contributed by atoms with E-state index in [2.05, 4.69) is 11.3 Å². The van der Waals surface area contributed by atoms with Gasteiger partial charge in [0, 0.05) is 11.5 Å². The third-order valence-corrected chi connectivity index (χ3v) is 4.15. The molecule has 0 unspecified atom stereocenters. The van der Waals surface area contributed by atoms with Crippen LogP contribution in [-0.4, -0.2) is 19.0 Å². The van der Waals surface area contributed by atoms with Crippen molar-refractivity contribution in [3.05, 3.63) is 77.2 Å². The van der Waals surface area contributed by atoms with E-state index in [1.165, 1.54) is 0 Å². The molecular weight excluding hydrogens is 360 g/mol. The number of hydrogen-bond acceptors (Lipinski definition) is 6. The molecule has 1 aromatic heterocycles. The van der Waals surface area contributed by atoms with Gasteiger partial charge >= 0.3 is 11.6 Å². The molecule has 0 radical (unpaired) electrons. The van der Waals surface area contributed by atoms with Crippen LogP contribution in [0.1, 0.15) is 12.0 Å². The van der Waals surface area contributed by atoms with Crippen LogP contribution in [0.25, 0.3) is 22.1 Å². The average Bonchev–Trinajstić information content (AvgIpc) is 2.71. The second kappa shape index (κ2) is 8.81. The standard InChI is InChI=1S/C22H18O6/c1-2-21(24)27-18-9-7-16(8-10-18)19-13-17-6-5-15(4-3-11-26-14-23)12-20(17)28-22(19)25/h2,5-10,12-14H,1,3-4,11H2. The van der Waals surface area contributed by atoms with Gasteiger partial charge in [0.1, 0.15) is 11.3 Å². The van der Waals surface area contributed by atoms with Gasteiger partial charge in [-0.1, -0.05) is 30.8 Å². The lowest BCUT2D eigenvalue weighted by molar-refractivity contribution is -0.129. The highest BCUT2D eigenvalue weighted by Crippen LogP contribution is 2.24. The SMILES string of the molecule is C=CC(=O)Oc1ccc(-c2cc3ccc(CCCOC=O)cc3oc2=O)cc1. The molecule has 0 bridgehead atoms. The minimum Gasteiger partial charge on any atom is -0.468 e. The van der Waals surface area contributed by atoms with Crippen molar-refractivity contribution in [1.82, 2.24) is 0 Å². The van der Waals surface area contributed by atoms with Crippen LogP contribution in [0, 0.1) is 0 Å². The summed E-state index contributed by atoms with van der Waals surface area (Å²) in [6.45, 7) is 4.12. The minimum atomic E-state index is -0.550. The van der Waals surface area contributed by atoms with Gasteiger partial charge in [-0.05, 0) is 48.2 Å². The van der Waals surface area contributed by atoms with Gasteiger partial charge < -0.3 is 13.9 Å². The molecule has 1 heterocycles. The second-order valence-corrected chi connectivity index (χ2v) is 6.04. The Morgan fingerprint density at radius 2 is 1.89 bits per heavy atom. The van der Waals surface area contributed by atoms with E-state index in [1.54, 1.807) is 30.3 Å². The van der Waals surface area contributed by atoms with Gasteiger partial charge in [-0.15, -0.1) is 0 Å². The Morgan fingerprint density at radius 1 is 1.11 bits per heavy atom. The molecule has 0 aliphatic carbocycles. The number of fused-ring (bicyclic) bond motifs is 1. The fraction of sp³-hybridized carbons (Fsp3) is 0.136. The summed E-state index contributed by atoms with van der Waals surface area (Å²) in [6, 6.07) is 14.0. The van der Waals surface area contributed by atoms with Gasteiger partial charge in [0.25, 0.3) is 6.47 Å². The van der Waals surface area contributed by atoms with Crippen molar-refractivity contribution in [2.24, 2.45) is 0 Å². The summed E-state index contributed by atoms with van der Waals surface area (Å²) in [5.74, 6) is -0.187. The molecule has 3 rings (SSSR count). The lowest BCUT2D eigenvalue weighted by Crippen LogP contribution is -2.04. The first-order chi connectivity index (χ1) is 13.6. The fourth-order valence-electron chi connectivity index (χ4n) is 2.78. The maximum absolute atomic E-state index is 12.4. The number of hydrogen-bond donors (Lipinski definition) is 0. The van der Waals surface area contributed by atoms with Gasteiger partial charge in [-0.2, -0.15) is 0 Å². The zero-order valence-corrected chi connectivity index (χ0v) is 15.1. The fourth-order valence-corrected chi connectivity index (χ4v) is 2.78. The second-order valence-electron chi connectivity index (χ2n) is 6.04. The molecule has 0 atom stereocenters. The third-order valence-electron chi connectivity index (χ3n) is 4.15. The highest BCUT2D eigenvalue weighted by molar-refractivity contribution is 5.84. The summed E-state index contributed by atoms with van der Waals surface area (Å²) < 4.78 is 15.2. The molecule has 0 amide bonds. The molecule has 2 aromatic carbocycles. The summed E-state index contributed by atoms with van der Waals surface area (Å²) in [6.07, 6.45) is 2.48. The summed E-state index contributed by atoms with van der Waals surface area (Å²) in [7, 11) is 0. The van der Waals surface area contributed by atoms with Crippen LogP contribution in [0.15, 0.2) is 70.4 Å². The number of carbonyl (C=O) groups is 2. The molecular formula is C22H18O6. The van der Waals surface area contributed by atoms with E-state index in [9.17, 15) is 14.4 Å². The van der Waals surface area contributed by atoms with Gasteiger partial charge in [0.2, 0.25) is 0 Å². The van der Waals surface area contributed by atoms with Gasteiger partial charge in [-0.25, -0.2) is 9.59 Å². The van der Waals surface area contributed by atoms with Gasteiger partial charge in [0.05, 0.1) is 12.2 Å². The molecule has 6 heteroatoms. The van der Waals surface area contributed by atoms with Crippen molar-refractivity contribution in [3.63, 3.8) is 0 Å². The van der Waals surface area contributed by atoms with Crippen LogP contribution in [0.2, 0.25) is 0 Å². The number of benzene rings is 2. The quantitative estimate of drug-likeness (QED) is 0.149. The molecule has 3 aromatic rings. The Hall–Kier alpha value is -3.67. The van der Waals surface area contributed by atoms with Crippen molar-refractivity contribution in [1.29, 1.82) is 0 Å². The van der Waals surface area contributed by atoms with Crippen LogP contribution < -0.4 is 10.4 Å². The van der Waals surface area contributed by atoms with Crippen LogP contribution >= 0.6 is 0 Å². The molecule has 6 nitrogen and oxygen atoms in total. The van der Waals surface area contributed by atoms with Crippen molar-refractivity contribution < 1.29 is 23.5 Å². The highest BCUT2D eigenvalue weighted by atomic mass is 16.5. The Morgan fingerprint density at radius 3 is 2.61 bits per heavy atom. The Labute approximate surface area is 161 Å². The van der Waals surface area contributed by atoms with E-state index in [4.69, 9.17) is 9.15 Å². The third kappa shape index (κ3) is 4.54. The smallest absolute Gasteiger partial charge is 0.344 e. The average molecular weight is 378 g/mol. The van der Waals surface area contributed by atoms with E-state index < -0.39 is 11.6 Å². The normalized spacial score (nSPS) is 10.4. The van der Waals surface area contributed by atoms with E-state index in [-0.39, 0.29) is 0 Å². The van der Waals surface area contributed by atoms with Gasteiger partial charge in [0.15, 0.2) is 0 Å². The highest BCUT2D eigenvalue weighted by Gasteiger charge is 2.09. The van der Waals surface area contributed by atoms with E-state index >= 15 is 0 Å². The molecule has 0 saturated carbocycles. The van der Waals surface area contributed by atoms with Crippen LogP contribution in [0.5, 0.6) is 5.75 Å². The van der Waals surface area contributed by atoms with Crippen LogP contribution in [0.3, 0.4) is 0 Å². The number of rotatable bonds is 8. The van der Waals surface area contributed by atoms with Crippen molar-refractivity contribution in [2.45, 2.75) is 12.8 Å². The summed E-state index contributed by atoms with van der Waals surface area (Å²) >= 11 is 0. The molecule has 0 N–H and O–H groups in total. The first kappa shape index (κ1) is 19.1. The zero-order chi connectivity index (χ0) is 19.9. The van der Waals surface area contributed by atoms with E-state index in [0.29, 0.717) is 48.4 Å². The predicted octanol–water partition coefficient (Wildman–Crippen LogP) is 3.66. The largest absolute Gasteiger partial charge is 0.468 e. The molecule has 0 fully saturated rings. The van der Waals surface area contributed by atoms with E-state index in [0.717, 1.165) is 17.0 Å². The zero-order valence-electron chi connectivity index (χ0n) is 15.1. The Balaban J connectivity index is 1.83. The molecule has 142 valence electrons. The molecule has 0 aliphatic rings. The lowest BCUT2D eigenvalue weighted by Gasteiger charge is -2.06. The number of carbonyl (C=O) groups excluding carboxylic acids is 2.